The topological polar surface area (TPSA) is 141 Å². The maximum atomic E-state index is 12.0. The van der Waals surface area contributed by atoms with Crippen LogP contribution in [0.2, 0.25) is 0 Å². The van der Waals surface area contributed by atoms with E-state index in [1.54, 1.807) is 47.1 Å². The van der Waals surface area contributed by atoms with E-state index in [1.807, 2.05) is 30.3 Å². The minimum atomic E-state index is -0.712. The van der Waals surface area contributed by atoms with Crippen molar-refractivity contribution < 1.29 is 29.2 Å². The summed E-state index contributed by atoms with van der Waals surface area (Å²) in [5.74, 6) is 0.693. The Kier molecular flexibility index (Phi) is 9.26. The summed E-state index contributed by atoms with van der Waals surface area (Å²) in [6, 6.07) is 21.5. The molecule has 1 aliphatic rings. The van der Waals surface area contributed by atoms with Crippen molar-refractivity contribution in [2.45, 2.75) is 36.7 Å². The number of aromatic nitrogens is 4. The third-order valence-electron chi connectivity index (χ3n) is 6.29. The lowest BCUT2D eigenvalue weighted by Crippen LogP contribution is -2.31. The van der Waals surface area contributed by atoms with Gasteiger partial charge in [-0.15, -0.1) is 5.10 Å². The number of hydrogen-bond acceptors (Lipinski definition) is 10. The molecule has 1 saturated heterocycles. The van der Waals surface area contributed by atoms with Crippen molar-refractivity contribution in [3.05, 3.63) is 102 Å². The van der Waals surface area contributed by atoms with Crippen molar-refractivity contribution in [2.24, 2.45) is 0 Å². The first kappa shape index (κ1) is 28.3. The molecule has 1 aromatic heterocycles. The van der Waals surface area contributed by atoms with Gasteiger partial charge in [-0.25, -0.2) is 4.79 Å². The molecule has 3 N–H and O–H groups in total. The molecular formula is C29H29N5O6S. The third-order valence-corrected chi connectivity index (χ3v) is 7.34. The highest BCUT2D eigenvalue weighted by molar-refractivity contribution is 7.99. The van der Waals surface area contributed by atoms with Crippen LogP contribution in [0.3, 0.4) is 0 Å². The Morgan fingerprint density at radius 2 is 1.93 bits per heavy atom. The normalized spacial score (nSPS) is 18.5. The van der Waals surface area contributed by atoms with E-state index in [0.717, 1.165) is 22.4 Å². The number of phenolic OH excluding ortho intramolecular Hbond substituents is 1. The van der Waals surface area contributed by atoms with Crippen LogP contribution in [0.25, 0.3) is 5.69 Å². The van der Waals surface area contributed by atoms with E-state index in [0.29, 0.717) is 23.0 Å². The molecule has 1 fully saturated rings. The number of ether oxygens (including phenoxy) is 3. The quantitative estimate of drug-likeness (QED) is 0.176. The molecule has 0 radical (unpaired) electrons. The molecule has 0 spiro atoms. The number of aliphatic hydroxyl groups is 1. The monoisotopic (exact) mass is 575 g/mol. The van der Waals surface area contributed by atoms with Crippen molar-refractivity contribution in [3.63, 3.8) is 0 Å². The molecule has 4 aromatic rings. The van der Waals surface area contributed by atoms with Gasteiger partial charge in [0, 0.05) is 23.4 Å². The molecule has 0 bridgehead atoms. The summed E-state index contributed by atoms with van der Waals surface area (Å²) in [4.78, 5) is 12.0. The predicted octanol–water partition coefficient (Wildman–Crippen LogP) is 4.93. The number of carbonyl (C=O) groups excluding carboxylic acids is 1. The first-order chi connectivity index (χ1) is 20.0. The zero-order chi connectivity index (χ0) is 28.6. The van der Waals surface area contributed by atoms with Gasteiger partial charge in [-0.1, -0.05) is 60.8 Å². The van der Waals surface area contributed by atoms with Crippen molar-refractivity contribution in [3.8, 4) is 11.4 Å². The smallest absolute Gasteiger partial charge is 0.411 e. The second kappa shape index (κ2) is 13.4. The highest BCUT2D eigenvalue weighted by Gasteiger charge is 2.33. The van der Waals surface area contributed by atoms with Gasteiger partial charge in [0.05, 0.1) is 24.5 Å². The fourth-order valence-corrected chi connectivity index (χ4v) is 5.17. The Balaban J connectivity index is 1.34. The number of thioether (sulfide) groups is 1. The molecule has 0 aliphatic carbocycles. The molecule has 41 heavy (non-hydrogen) atoms. The molecule has 5 rings (SSSR count). The van der Waals surface area contributed by atoms with Crippen molar-refractivity contribution in [1.82, 2.24) is 20.2 Å². The number of phenols is 1. The van der Waals surface area contributed by atoms with Crippen LogP contribution in [0.15, 0.2) is 90.6 Å². The average Bonchev–Trinajstić information content (AvgIpc) is 3.48. The van der Waals surface area contributed by atoms with Crippen molar-refractivity contribution in [2.75, 3.05) is 17.7 Å². The second-order valence-corrected chi connectivity index (χ2v) is 10.2. The van der Waals surface area contributed by atoms with Crippen LogP contribution in [0.4, 0.5) is 10.5 Å². The van der Waals surface area contributed by atoms with Crippen LogP contribution in [0.1, 0.15) is 35.5 Å². The summed E-state index contributed by atoms with van der Waals surface area (Å²) < 4.78 is 19.4. The molecule has 12 heteroatoms. The SMILES string of the molecule is C=CCOC(=O)Nc1cccc([C@H]2O[C@@H](CSc3nnnn3-c3ccc(O)cc3)C[C@@H](c3ccc(CO)cc3)O2)c1. The largest absolute Gasteiger partial charge is 0.508 e. The van der Waals surface area contributed by atoms with Crippen LogP contribution >= 0.6 is 11.8 Å². The number of tetrazole rings is 1. The minimum Gasteiger partial charge on any atom is -0.508 e. The Hall–Kier alpha value is -4.23. The Morgan fingerprint density at radius 3 is 2.68 bits per heavy atom. The standard InChI is InChI=1S/C29H29N5O6S/c1-2-14-38-29(37)30-22-5-3-4-21(15-22)27-39-25(16-26(40-27)20-8-6-19(17-35)7-9-20)18-41-28-31-32-33-34(28)23-10-12-24(36)13-11-23/h2-13,15,25-27,35-36H,1,14,16-18H2,(H,30,37)/t25-,26+,27+/m1/s1. The van der Waals surface area contributed by atoms with E-state index in [1.165, 1.54) is 17.8 Å². The molecule has 1 aliphatic heterocycles. The zero-order valence-corrected chi connectivity index (χ0v) is 22.8. The number of amides is 1. The van der Waals surface area contributed by atoms with Crippen LogP contribution in [-0.2, 0) is 20.8 Å². The number of nitrogens with zero attached hydrogens (tertiary/aromatic N) is 4. The van der Waals surface area contributed by atoms with Crippen molar-refractivity contribution in [1.29, 1.82) is 0 Å². The fourth-order valence-electron chi connectivity index (χ4n) is 4.27. The summed E-state index contributed by atoms with van der Waals surface area (Å²) >= 11 is 1.45. The van der Waals surface area contributed by atoms with Gasteiger partial charge in [-0.3, -0.25) is 5.32 Å². The molecule has 3 atom stereocenters. The molecule has 212 valence electrons. The summed E-state index contributed by atoms with van der Waals surface area (Å²) in [5, 5.41) is 34.4. The van der Waals surface area contributed by atoms with E-state index in [9.17, 15) is 15.0 Å². The number of nitrogens with one attached hydrogen (secondary N) is 1. The van der Waals surface area contributed by atoms with E-state index in [-0.39, 0.29) is 31.2 Å². The Bertz CT molecular complexity index is 1460. The third kappa shape index (κ3) is 7.30. The molecule has 0 unspecified atom stereocenters. The lowest BCUT2D eigenvalue weighted by molar-refractivity contribution is -0.245. The number of anilines is 1. The maximum absolute atomic E-state index is 12.0. The number of benzene rings is 3. The van der Waals surface area contributed by atoms with Crippen LogP contribution in [0, 0.1) is 0 Å². The average molecular weight is 576 g/mol. The zero-order valence-electron chi connectivity index (χ0n) is 22.0. The van der Waals surface area contributed by atoms with Crippen LogP contribution < -0.4 is 5.32 Å². The number of aliphatic hydroxyl groups excluding tert-OH is 1. The van der Waals surface area contributed by atoms with Gasteiger partial charge in [0.25, 0.3) is 0 Å². The summed E-state index contributed by atoms with van der Waals surface area (Å²) in [5.41, 5.74) is 3.76. The molecule has 2 heterocycles. The lowest BCUT2D eigenvalue weighted by Gasteiger charge is -2.36. The first-order valence-corrected chi connectivity index (χ1v) is 13.9. The number of aromatic hydroxyl groups is 1. The number of carbonyl (C=O) groups is 1. The second-order valence-electron chi connectivity index (χ2n) is 9.19. The van der Waals surface area contributed by atoms with Gasteiger partial charge >= 0.3 is 6.09 Å². The number of hydrogen-bond donors (Lipinski definition) is 3. The van der Waals surface area contributed by atoms with E-state index >= 15 is 0 Å². The summed E-state index contributed by atoms with van der Waals surface area (Å²) in [7, 11) is 0. The van der Waals surface area contributed by atoms with Gasteiger partial charge in [-0.2, -0.15) is 4.68 Å². The molecule has 1 amide bonds. The maximum Gasteiger partial charge on any atom is 0.411 e. The Labute approximate surface area is 240 Å². The van der Waals surface area contributed by atoms with Crippen LogP contribution in [-0.4, -0.2) is 55.0 Å². The molecule has 0 saturated carbocycles. The Morgan fingerprint density at radius 1 is 1.12 bits per heavy atom. The minimum absolute atomic E-state index is 0.0401. The predicted molar refractivity (Wildman–Crippen MR) is 152 cm³/mol. The molecule has 11 nitrogen and oxygen atoms in total. The molecular weight excluding hydrogens is 546 g/mol. The highest BCUT2D eigenvalue weighted by Crippen LogP contribution is 2.40. The van der Waals surface area contributed by atoms with Gasteiger partial charge in [0.2, 0.25) is 5.16 Å². The van der Waals surface area contributed by atoms with Gasteiger partial charge in [0.15, 0.2) is 6.29 Å². The van der Waals surface area contributed by atoms with Crippen LogP contribution in [0.5, 0.6) is 5.75 Å². The fraction of sp³-hybridized carbons (Fsp3) is 0.241. The van der Waals surface area contributed by atoms with Crippen molar-refractivity contribution >= 4 is 23.5 Å². The van der Waals surface area contributed by atoms with Gasteiger partial charge in [-0.05, 0) is 58.0 Å². The van der Waals surface area contributed by atoms with E-state index in [4.69, 9.17) is 14.2 Å². The van der Waals surface area contributed by atoms with E-state index in [2.05, 4.69) is 27.4 Å². The lowest BCUT2D eigenvalue weighted by atomic mass is 10.0. The number of rotatable bonds is 10. The van der Waals surface area contributed by atoms with Gasteiger partial charge in [0.1, 0.15) is 12.4 Å². The van der Waals surface area contributed by atoms with Gasteiger partial charge < -0.3 is 24.4 Å². The molecule has 3 aromatic carbocycles. The first-order valence-electron chi connectivity index (χ1n) is 12.9. The summed E-state index contributed by atoms with van der Waals surface area (Å²) in [6.07, 6.45) is 0.254. The highest BCUT2D eigenvalue weighted by atomic mass is 32.2. The van der Waals surface area contributed by atoms with E-state index < -0.39 is 12.4 Å². The summed E-state index contributed by atoms with van der Waals surface area (Å²) in [6.45, 7) is 3.61.